The maximum absolute atomic E-state index is 13.2. The zero-order chi connectivity index (χ0) is 41.7. The molecule has 3 atom stereocenters. The summed E-state index contributed by atoms with van der Waals surface area (Å²) in [6.45, 7) is 6.50. The molecule has 0 fully saturated rings. The third-order valence-corrected chi connectivity index (χ3v) is 12.2. The fourth-order valence-electron chi connectivity index (χ4n) is 8.26. The lowest BCUT2D eigenvalue weighted by molar-refractivity contribution is -0.151. The van der Waals surface area contributed by atoms with Crippen molar-refractivity contribution in [3.8, 4) is 0 Å². The molecule has 6 heteroatoms. The second kappa shape index (κ2) is 45.9. The van der Waals surface area contributed by atoms with E-state index >= 15 is 0 Å². The van der Waals surface area contributed by atoms with E-state index < -0.39 is 18.2 Å². The smallest absolute Gasteiger partial charge is 0.306 e. The highest BCUT2D eigenvalue weighted by molar-refractivity contribution is 5.77. The van der Waals surface area contributed by atoms with Crippen LogP contribution in [-0.2, 0) is 14.3 Å². The van der Waals surface area contributed by atoms with E-state index in [4.69, 9.17) is 4.74 Å². The quantitative estimate of drug-likeness (QED) is 0.0420. The number of hydrogen-bond donors (Lipinski definition) is 3. The number of hydrogen-bond acceptors (Lipinski definition) is 5. The van der Waals surface area contributed by atoms with Gasteiger partial charge in [0.25, 0.3) is 0 Å². The summed E-state index contributed by atoms with van der Waals surface area (Å²) in [7, 11) is 0. The van der Waals surface area contributed by atoms with Crippen LogP contribution in [0.15, 0.2) is 0 Å². The van der Waals surface area contributed by atoms with Crippen molar-refractivity contribution in [3.63, 3.8) is 0 Å². The van der Waals surface area contributed by atoms with Gasteiger partial charge in [0.15, 0.2) is 0 Å². The van der Waals surface area contributed by atoms with Crippen molar-refractivity contribution in [2.24, 2.45) is 0 Å². The van der Waals surface area contributed by atoms with Crippen LogP contribution in [0.3, 0.4) is 0 Å². The summed E-state index contributed by atoms with van der Waals surface area (Å²) in [6, 6.07) is -0.691. The van der Waals surface area contributed by atoms with Crippen molar-refractivity contribution >= 4 is 11.9 Å². The number of amides is 1. The minimum atomic E-state index is -0.778. The van der Waals surface area contributed by atoms with E-state index in [1.165, 1.54) is 199 Å². The van der Waals surface area contributed by atoms with Crippen molar-refractivity contribution < 1.29 is 24.5 Å². The molecule has 0 spiro atoms. The van der Waals surface area contributed by atoms with E-state index in [9.17, 15) is 19.8 Å². The predicted octanol–water partition coefficient (Wildman–Crippen LogP) is 15.2. The number of carbonyl (C=O) groups is 2. The third kappa shape index (κ3) is 41.4. The molecule has 0 radical (unpaired) electrons. The lowest BCUT2D eigenvalue weighted by atomic mass is 10.0. The number of ether oxygens (including phenoxy) is 1. The van der Waals surface area contributed by atoms with Gasteiger partial charge in [-0.1, -0.05) is 252 Å². The Balaban J connectivity index is 4.49. The van der Waals surface area contributed by atoms with Crippen LogP contribution < -0.4 is 5.32 Å². The molecular formula is C51H101NO5. The lowest BCUT2D eigenvalue weighted by Gasteiger charge is -2.24. The van der Waals surface area contributed by atoms with E-state index in [-0.39, 0.29) is 24.9 Å². The lowest BCUT2D eigenvalue weighted by Crippen LogP contribution is -2.46. The molecule has 57 heavy (non-hydrogen) atoms. The van der Waals surface area contributed by atoms with Gasteiger partial charge in [-0.2, -0.15) is 0 Å². The first-order valence-electron chi connectivity index (χ1n) is 25.8. The largest absolute Gasteiger partial charge is 0.462 e. The fraction of sp³-hybridized carbons (Fsp3) is 0.961. The second-order valence-corrected chi connectivity index (χ2v) is 17.9. The Hall–Kier alpha value is -1.14. The molecule has 1 amide bonds. The van der Waals surface area contributed by atoms with Crippen molar-refractivity contribution in [2.75, 3.05) is 6.61 Å². The Labute approximate surface area is 356 Å². The van der Waals surface area contributed by atoms with Gasteiger partial charge < -0.3 is 20.3 Å². The first-order chi connectivity index (χ1) is 28.0. The van der Waals surface area contributed by atoms with Crippen LogP contribution in [0, 0.1) is 0 Å². The summed E-state index contributed by atoms with van der Waals surface area (Å²) in [6.07, 6.45) is 48.7. The van der Waals surface area contributed by atoms with Gasteiger partial charge in [0.05, 0.1) is 25.2 Å². The summed E-state index contributed by atoms with van der Waals surface area (Å²) in [4.78, 5) is 26.1. The van der Waals surface area contributed by atoms with Crippen molar-refractivity contribution in [1.82, 2.24) is 5.32 Å². The van der Waals surface area contributed by atoms with Gasteiger partial charge in [-0.05, 0) is 25.7 Å². The minimum absolute atomic E-state index is 0.0876. The van der Waals surface area contributed by atoms with Crippen molar-refractivity contribution in [3.05, 3.63) is 0 Å². The second-order valence-electron chi connectivity index (χ2n) is 17.9. The highest BCUT2D eigenvalue weighted by Gasteiger charge is 2.24. The number of carbonyl (C=O) groups excluding carboxylic acids is 2. The number of esters is 1. The molecule has 0 saturated heterocycles. The third-order valence-electron chi connectivity index (χ3n) is 12.2. The average Bonchev–Trinajstić information content (AvgIpc) is 3.20. The first kappa shape index (κ1) is 55.9. The predicted molar refractivity (Wildman–Crippen MR) is 246 cm³/mol. The van der Waals surface area contributed by atoms with Crippen LogP contribution in [0.4, 0.5) is 0 Å². The number of rotatable bonds is 47. The van der Waals surface area contributed by atoms with Crippen molar-refractivity contribution in [1.29, 1.82) is 0 Å². The van der Waals surface area contributed by atoms with Gasteiger partial charge in [0.1, 0.15) is 6.10 Å². The van der Waals surface area contributed by atoms with Gasteiger partial charge >= 0.3 is 5.97 Å². The van der Waals surface area contributed by atoms with E-state index in [0.29, 0.717) is 19.3 Å². The molecule has 340 valence electrons. The molecular weight excluding hydrogens is 707 g/mol. The average molecular weight is 808 g/mol. The molecule has 0 rings (SSSR count). The molecule has 0 aliphatic carbocycles. The number of aliphatic hydroxyl groups excluding tert-OH is 2. The highest BCUT2D eigenvalue weighted by atomic mass is 16.5. The first-order valence-corrected chi connectivity index (χ1v) is 25.8. The molecule has 0 aliphatic heterocycles. The molecule has 0 aromatic rings. The normalized spacial score (nSPS) is 13.1. The van der Waals surface area contributed by atoms with E-state index in [1.807, 2.05) is 0 Å². The maximum atomic E-state index is 13.2. The Morgan fingerprint density at radius 1 is 0.439 bits per heavy atom. The van der Waals surface area contributed by atoms with Crippen LogP contribution in [0.25, 0.3) is 0 Å². The zero-order valence-electron chi connectivity index (χ0n) is 38.8. The summed E-state index contributed by atoms with van der Waals surface area (Å²) >= 11 is 0. The molecule has 3 N–H and O–H groups in total. The highest BCUT2D eigenvalue weighted by Crippen LogP contribution is 2.19. The number of nitrogens with one attached hydrogen (secondary N) is 1. The van der Waals surface area contributed by atoms with Gasteiger partial charge in [-0.3, -0.25) is 9.59 Å². The molecule has 0 heterocycles. The molecule has 0 saturated carbocycles. The number of aliphatic hydroxyl groups is 2. The minimum Gasteiger partial charge on any atom is -0.462 e. The summed E-state index contributed by atoms with van der Waals surface area (Å²) < 4.78 is 5.92. The zero-order valence-corrected chi connectivity index (χ0v) is 38.8. The summed E-state index contributed by atoms with van der Waals surface area (Å²) in [5.41, 5.74) is 0. The van der Waals surface area contributed by atoms with Gasteiger partial charge in [-0.25, -0.2) is 0 Å². The van der Waals surface area contributed by atoms with Gasteiger partial charge in [0.2, 0.25) is 5.91 Å². The van der Waals surface area contributed by atoms with Crippen LogP contribution >= 0.6 is 0 Å². The van der Waals surface area contributed by atoms with E-state index in [1.54, 1.807) is 0 Å². The molecule has 3 unspecified atom stereocenters. The summed E-state index contributed by atoms with van der Waals surface area (Å²) in [5, 5.41) is 23.8. The fourth-order valence-corrected chi connectivity index (χ4v) is 8.26. The molecule has 0 aliphatic rings. The van der Waals surface area contributed by atoms with Crippen LogP contribution in [-0.4, -0.2) is 46.9 Å². The molecule has 0 bridgehead atoms. The van der Waals surface area contributed by atoms with E-state index in [2.05, 4.69) is 26.1 Å². The van der Waals surface area contributed by atoms with Crippen molar-refractivity contribution in [2.45, 2.75) is 309 Å². The monoisotopic (exact) mass is 808 g/mol. The Bertz CT molecular complexity index is 821. The van der Waals surface area contributed by atoms with Gasteiger partial charge in [0, 0.05) is 6.42 Å². The van der Waals surface area contributed by atoms with Crippen LogP contribution in [0.1, 0.15) is 290 Å². The van der Waals surface area contributed by atoms with Gasteiger partial charge in [-0.15, -0.1) is 0 Å². The standard InChI is InChI=1S/C51H101NO5/c1-4-7-10-13-16-19-22-24-26-28-30-33-36-39-42-47(57-51(56)44-41-38-35-32-21-18-15-12-9-6-3)45-50(55)52-48(46-53)49(54)43-40-37-34-31-29-27-25-23-20-17-14-11-8-5-2/h47-49,53-54H,4-46H2,1-3H3,(H,52,55). The maximum Gasteiger partial charge on any atom is 0.306 e. The molecule has 0 aromatic carbocycles. The molecule has 6 nitrogen and oxygen atoms in total. The Morgan fingerprint density at radius 2 is 0.737 bits per heavy atom. The van der Waals surface area contributed by atoms with Crippen LogP contribution in [0.5, 0.6) is 0 Å². The van der Waals surface area contributed by atoms with E-state index in [0.717, 1.165) is 44.9 Å². The SMILES string of the molecule is CCCCCCCCCCCCCCCCC(CC(=O)NC(CO)C(O)CCCCCCCCCCCCCCCC)OC(=O)CCCCCCCCCCCC. The van der Waals surface area contributed by atoms with Crippen LogP contribution in [0.2, 0.25) is 0 Å². The topological polar surface area (TPSA) is 95.9 Å². The summed E-state index contributed by atoms with van der Waals surface area (Å²) in [5.74, 6) is -0.453. The Morgan fingerprint density at radius 3 is 1.07 bits per heavy atom. The Kier molecular flexibility index (Phi) is 45.0. The molecule has 0 aromatic heterocycles. The number of unbranched alkanes of at least 4 members (excludes halogenated alkanes) is 35.